The van der Waals surface area contributed by atoms with E-state index in [4.69, 9.17) is 4.74 Å². The summed E-state index contributed by atoms with van der Waals surface area (Å²) >= 11 is 0. The number of hydrogen-bond acceptors (Lipinski definition) is 3. The Balaban J connectivity index is 2.57. The van der Waals surface area contributed by atoms with E-state index in [0.29, 0.717) is 0 Å². The molecular formula is C21H30O3. The Bertz CT molecular complexity index is 541. The van der Waals surface area contributed by atoms with Gasteiger partial charge in [0.05, 0.1) is 6.61 Å². The fourth-order valence-corrected chi connectivity index (χ4v) is 2.57. The summed E-state index contributed by atoms with van der Waals surface area (Å²) in [4.78, 5) is 23.4. The van der Waals surface area contributed by atoms with Crippen molar-refractivity contribution in [2.75, 3.05) is 6.61 Å². The van der Waals surface area contributed by atoms with Crippen LogP contribution in [0.25, 0.3) is 6.08 Å². The molecule has 0 N–H and O–H groups in total. The number of esters is 1. The van der Waals surface area contributed by atoms with Crippen molar-refractivity contribution in [2.45, 2.75) is 65.7 Å². The number of unbranched alkanes of at least 4 members (excludes halogenated alkanes) is 5. The first-order valence-corrected chi connectivity index (χ1v) is 9.07. The molecule has 0 amide bonds. The summed E-state index contributed by atoms with van der Waals surface area (Å²) in [6.07, 6.45) is 10.4. The van der Waals surface area contributed by atoms with E-state index in [1.165, 1.54) is 51.0 Å². The van der Waals surface area contributed by atoms with Gasteiger partial charge >= 0.3 is 5.97 Å². The normalized spacial score (nSPS) is 11.4. The molecule has 0 aromatic heterocycles. The van der Waals surface area contributed by atoms with Gasteiger partial charge in [0, 0.05) is 0 Å². The highest BCUT2D eigenvalue weighted by Crippen LogP contribution is 2.14. The Morgan fingerprint density at radius 2 is 1.58 bits per heavy atom. The number of carbonyl (C=O) groups is 2. The second kappa shape index (κ2) is 11.6. The Kier molecular flexibility index (Phi) is 9.74. The van der Waals surface area contributed by atoms with Crippen molar-refractivity contribution in [3.05, 3.63) is 41.0 Å². The predicted molar refractivity (Wildman–Crippen MR) is 98.8 cm³/mol. The molecule has 1 rings (SSSR count). The molecule has 0 aliphatic carbocycles. The zero-order valence-electron chi connectivity index (χ0n) is 15.3. The first-order valence-electron chi connectivity index (χ1n) is 9.07. The molecule has 0 fully saturated rings. The van der Waals surface area contributed by atoms with Crippen LogP contribution in [0.5, 0.6) is 0 Å². The number of ketones is 1. The second-order valence-corrected chi connectivity index (χ2v) is 6.09. The zero-order valence-corrected chi connectivity index (χ0v) is 15.3. The van der Waals surface area contributed by atoms with Gasteiger partial charge in [0.15, 0.2) is 5.78 Å². The molecule has 0 bridgehead atoms. The van der Waals surface area contributed by atoms with E-state index in [0.717, 1.165) is 12.0 Å². The molecule has 0 atom stereocenters. The molecule has 132 valence electrons. The maximum Gasteiger partial charge on any atom is 0.341 e. The van der Waals surface area contributed by atoms with Gasteiger partial charge in [-0.15, -0.1) is 0 Å². The quantitative estimate of drug-likeness (QED) is 0.186. The van der Waals surface area contributed by atoms with Crippen LogP contribution < -0.4 is 0 Å². The minimum absolute atomic E-state index is 0.0977. The van der Waals surface area contributed by atoms with E-state index in [-0.39, 0.29) is 18.0 Å². The SMILES string of the molecule is CCCCCCCCc1ccc(/C=C(\C(C)=O)C(=O)OCC)cc1. The molecule has 0 spiro atoms. The average Bonchev–Trinajstić information content (AvgIpc) is 2.57. The molecule has 0 aliphatic rings. The largest absolute Gasteiger partial charge is 0.462 e. The van der Waals surface area contributed by atoms with Crippen molar-refractivity contribution in [3.63, 3.8) is 0 Å². The lowest BCUT2D eigenvalue weighted by atomic mass is 10.0. The molecule has 24 heavy (non-hydrogen) atoms. The minimum Gasteiger partial charge on any atom is -0.462 e. The second-order valence-electron chi connectivity index (χ2n) is 6.09. The highest BCUT2D eigenvalue weighted by molar-refractivity contribution is 6.19. The molecule has 1 aromatic carbocycles. The first kappa shape index (κ1) is 20.1. The Hall–Kier alpha value is -1.90. The highest BCUT2D eigenvalue weighted by atomic mass is 16.5. The third-order valence-electron chi connectivity index (χ3n) is 3.98. The monoisotopic (exact) mass is 330 g/mol. The van der Waals surface area contributed by atoms with Gasteiger partial charge in [-0.1, -0.05) is 63.3 Å². The lowest BCUT2D eigenvalue weighted by Gasteiger charge is -2.05. The van der Waals surface area contributed by atoms with E-state index < -0.39 is 5.97 Å². The fourth-order valence-electron chi connectivity index (χ4n) is 2.57. The maximum absolute atomic E-state index is 11.8. The predicted octanol–water partition coefficient (Wildman–Crippen LogP) is 5.13. The van der Waals surface area contributed by atoms with Gasteiger partial charge < -0.3 is 4.74 Å². The summed E-state index contributed by atoms with van der Waals surface area (Å²) in [6.45, 7) is 5.61. The average molecular weight is 330 g/mol. The van der Waals surface area contributed by atoms with Gasteiger partial charge in [-0.2, -0.15) is 0 Å². The van der Waals surface area contributed by atoms with Crippen LogP contribution in [0, 0.1) is 0 Å². The number of aryl methyl sites for hydroxylation is 1. The van der Waals surface area contributed by atoms with E-state index in [9.17, 15) is 9.59 Å². The third kappa shape index (κ3) is 7.58. The van der Waals surface area contributed by atoms with E-state index in [1.807, 2.05) is 12.1 Å². The van der Waals surface area contributed by atoms with Gasteiger partial charge in [-0.25, -0.2) is 4.79 Å². The third-order valence-corrected chi connectivity index (χ3v) is 3.98. The fraction of sp³-hybridized carbons (Fsp3) is 0.524. The van der Waals surface area contributed by atoms with Gasteiger partial charge in [-0.3, -0.25) is 4.79 Å². The Morgan fingerprint density at radius 3 is 2.17 bits per heavy atom. The number of hydrogen-bond donors (Lipinski definition) is 0. The minimum atomic E-state index is -0.554. The molecule has 0 heterocycles. The smallest absolute Gasteiger partial charge is 0.341 e. The molecule has 3 heteroatoms. The van der Waals surface area contributed by atoms with Gasteiger partial charge in [0.2, 0.25) is 0 Å². The lowest BCUT2D eigenvalue weighted by Crippen LogP contribution is -2.13. The number of carbonyl (C=O) groups excluding carboxylic acids is 2. The van der Waals surface area contributed by atoms with Crippen molar-refractivity contribution < 1.29 is 14.3 Å². The molecule has 0 saturated carbocycles. The summed E-state index contributed by atoms with van der Waals surface area (Å²) in [7, 11) is 0. The van der Waals surface area contributed by atoms with Crippen molar-refractivity contribution >= 4 is 17.8 Å². The zero-order chi connectivity index (χ0) is 17.8. The van der Waals surface area contributed by atoms with Crippen LogP contribution in [0.15, 0.2) is 29.8 Å². The molecule has 0 aliphatic heterocycles. The van der Waals surface area contributed by atoms with E-state index >= 15 is 0 Å². The number of Topliss-reactive ketones (excluding diaryl/α,β-unsaturated/α-hetero) is 1. The summed E-state index contributed by atoms with van der Waals surface area (Å²) in [5, 5.41) is 0. The molecular weight excluding hydrogens is 300 g/mol. The van der Waals surface area contributed by atoms with Gasteiger partial charge in [-0.05, 0) is 43.9 Å². The van der Waals surface area contributed by atoms with E-state index in [2.05, 4.69) is 19.1 Å². The summed E-state index contributed by atoms with van der Waals surface area (Å²) in [5.74, 6) is -0.828. The Labute approximate surface area is 146 Å². The lowest BCUT2D eigenvalue weighted by molar-refractivity contribution is -0.139. The van der Waals surface area contributed by atoms with Gasteiger partial charge in [0.25, 0.3) is 0 Å². The maximum atomic E-state index is 11.8. The Morgan fingerprint density at radius 1 is 0.958 bits per heavy atom. The van der Waals surface area contributed by atoms with E-state index in [1.54, 1.807) is 13.0 Å². The summed E-state index contributed by atoms with van der Waals surface area (Å²) in [5.41, 5.74) is 2.24. The number of benzene rings is 1. The van der Waals surface area contributed by atoms with Crippen LogP contribution in [0.2, 0.25) is 0 Å². The summed E-state index contributed by atoms with van der Waals surface area (Å²) < 4.78 is 4.93. The van der Waals surface area contributed by atoms with Crippen LogP contribution >= 0.6 is 0 Å². The molecule has 3 nitrogen and oxygen atoms in total. The van der Waals surface area contributed by atoms with Crippen LogP contribution in [-0.2, 0) is 20.7 Å². The first-order chi connectivity index (χ1) is 11.6. The molecule has 0 unspecified atom stereocenters. The topological polar surface area (TPSA) is 43.4 Å². The van der Waals surface area contributed by atoms with Crippen LogP contribution in [0.1, 0.15) is 70.4 Å². The number of rotatable bonds is 11. The van der Waals surface area contributed by atoms with Crippen LogP contribution in [0.3, 0.4) is 0 Å². The van der Waals surface area contributed by atoms with Crippen molar-refractivity contribution in [1.29, 1.82) is 0 Å². The standard InChI is InChI=1S/C21H30O3/c1-4-6-7-8-9-10-11-18-12-14-19(15-13-18)16-20(17(3)22)21(23)24-5-2/h12-16H,4-11H2,1-3H3/b20-16+. The van der Waals surface area contributed by atoms with Crippen LogP contribution in [0.4, 0.5) is 0 Å². The highest BCUT2D eigenvalue weighted by Gasteiger charge is 2.15. The molecule has 0 radical (unpaired) electrons. The van der Waals surface area contributed by atoms with Crippen molar-refractivity contribution in [3.8, 4) is 0 Å². The van der Waals surface area contributed by atoms with Crippen molar-refractivity contribution in [2.24, 2.45) is 0 Å². The van der Waals surface area contributed by atoms with Gasteiger partial charge in [0.1, 0.15) is 5.57 Å². The van der Waals surface area contributed by atoms with Crippen molar-refractivity contribution in [1.82, 2.24) is 0 Å². The summed E-state index contributed by atoms with van der Waals surface area (Å²) in [6, 6.07) is 8.05. The molecule has 1 aromatic rings. The number of ether oxygens (including phenoxy) is 1. The van der Waals surface area contributed by atoms with Crippen LogP contribution in [-0.4, -0.2) is 18.4 Å². The molecule has 0 saturated heterocycles.